The van der Waals surface area contributed by atoms with Crippen molar-refractivity contribution in [3.05, 3.63) is 68.7 Å². The van der Waals surface area contributed by atoms with E-state index < -0.39 is 13.2 Å². The van der Waals surface area contributed by atoms with Crippen LogP contribution in [0.5, 0.6) is 11.5 Å². The molecule has 0 bridgehead atoms. The number of piperidine rings is 1. The second kappa shape index (κ2) is 10.4. The summed E-state index contributed by atoms with van der Waals surface area (Å²) < 4.78 is 58.8. The number of carbonyl (C=O) groups excluding carboxylic acids is 1. The van der Waals surface area contributed by atoms with E-state index in [4.69, 9.17) is 23.2 Å². The second-order valence-electron chi connectivity index (χ2n) is 6.96. The van der Waals surface area contributed by atoms with Crippen LogP contribution in [0, 0.1) is 0 Å². The van der Waals surface area contributed by atoms with Crippen LogP contribution in [0.1, 0.15) is 11.1 Å². The number of likely N-dealkylation sites (tertiary alicyclic amines) is 1. The molecule has 2 aromatic rings. The number of carbonyl (C=O) groups is 1. The molecule has 1 saturated heterocycles. The molecule has 2 aromatic carbocycles. The van der Waals surface area contributed by atoms with Gasteiger partial charge in [0.05, 0.1) is 0 Å². The number of benzene rings is 2. The van der Waals surface area contributed by atoms with Crippen LogP contribution in [0.2, 0.25) is 10.0 Å². The van der Waals surface area contributed by atoms with Gasteiger partial charge in [0.15, 0.2) is 5.78 Å². The zero-order valence-electron chi connectivity index (χ0n) is 16.6. The van der Waals surface area contributed by atoms with Gasteiger partial charge in [-0.15, -0.1) is 0 Å². The Kier molecular flexibility index (Phi) is 7.82. The van der Waals surface area contributed by atoms with Gasteiger partial charge < -0.3 is 9.47 Å². The zero-order chi connectivity index (χ0) is 23.4. The van der Waals surface area contributed by atoms with Crippen LogP contribution in [0.4, 0.5) is 17.6 Å². The number of halogens is 6. The van der Waals surface area contributed by atoms with Gasteiger partial charge in [0.2, 0.25) is 0 Å². The van der Waals surface area contributed by atoms with Crippen LogP contribution in [0.25, 0.3) is 12.2 Å². The highest BCUT2D eigenvalue weighted by atomic mass is 35.5. The summed E-state index contributed by atoms with van der Waals surface area (Å²) in [6, 6.07) is 8.02. The molecule has 1 aliphatic heterocycles. The lowest BCUT2D eigenvalue weighted by Crippen LogP contribution is -2.34. The smallest absolute Gasteiger partial charge is 0.387 e. The van der Waals surface area contributed by atoms with Gasteiger partial charge in [-0.2, -0.15) is 17.6 Å². The van der Waals surface area contributed by atoms with Gasteiger partial charge in [-0.25, -0.2) is 0 Å². The molecule has 3 rings (SSSR count). The van der Waals surface area contributed by atoms with E-state index in [-0.39, 0.29) is 40.4 Å². The highest BCUT2D eigenvalue weighted by Crippen LogP contribution is 2.30. The summed E-state index contributed by atoms with van der Waals surface area (Å²) in [5.41, 5.74) is 1.40. The summed E-state index contributed by atoms with van der Waals surface area (Å²) >= 11 is 12.3. The summed E-state index contributed by atoms with van der Waals surface area (Å²) in [6.07, 6.45) is 3.01. The molecule has 0 atom stereocenters. The number of likely N-dealkylation sites (N-methyl/N-ethyl adjacent to an activating group) is 1. The lowest BCUT2D eigenvalue weighted by Gasteiger charge is -2.26. The van der Waals surface area contributed by atoms with Crippen LogP contribution >= 0.6 is 23.2 Å². The monoisotopic (exact) mass is 489 g/mol. The highest BCUT2D eigenvalue weighted by molar-refractivity contribution is 6.33. The fourth-order valence-corrected chi connectivity index (χ4v) is 3.55. The van der Waals surface area contributed by atoms with E-state index in [1.54, 1.807) is 7.05 Å². The lowest BCUT2D eigenvalue weighted by molar-refractivity contribution is -0.113. The van der Waals surface area contributed by atoms with E-state index in [0.717, 1.165) is 0 Å². The topological polar surface area (TPSA) is 38.8 Å². The molecule has 1 fully saturated rings. The molecule has 32 heavy (non-hydrogen) atoms. The van der Waals surface area contributed by atoms with E-state index in [2.05, 4.69) is 9.47 Å². The standard InChI is InChI=1S/C22H17Cl2F4NO3/c1-29-10-14(6-12-8-16(31-21(25)26)2-4-18(12)23)20(30)15(11-29)7-13-9-17(32-22(27)28)3-5-19(13)24/h2-9,21-22H,10-11H2,1H3/b14-6-,15-7+. The Balaban J connectivity index is 1.95. The number of nitrogens with zero attached hydrogens (tertiary/aromatic N) is 1. The summed E-state index contributed by atoms with van der Waals surface area (Å²) in [6.45, 7) is -5.42. The van der Waals surface area contributed by atoms with Crippen molar-refractivity contribution in [2.45, 2.75) is 13.2 Å². The van der Waals surface area contributed by atoms with Crippen molar-refractivity contribution >= 4 is 41.1 Å². The number of rotatable bonds is 6. The number of alkyl halides is 4. The van der Waals surface area contributed by atoms with E-state index in [1.165, 1.54) is 48.6 Å². The third-order valence-corrected chi connectivity index (χ3v) is 5.20. The van der Waals surface area contributed by atoms with Crippen LogP contribution in [0.15, 0.2) is 47.5 Å². The maximum Gasteiger partial charge on any atom is 0.387 e. The Morgan fingerprint density at radius 3 is 1.62 bits per heavy atom. The number of hydrogen-bond donors (Lipinski definition) is 0. The lowest BCUT2D eigenvalue weighted by atomic mass is 9.94. The minimum absolute atomic E-state index is 0.0914. The largest absolute Gasteiger partial charge is 0.435 e. The average Bonchev–Trinajstić information content (AvgIpc) is 2.69. The van der Waals surface area contributed by atoms with Crippen molar-refractivity contribution in [2.75, 3.05) is 20.1 Å². The Morgan fingerprint density at radius 2 is 1.25 bits per heavy atom. The van der Waals surface area contributed by atoms with Gasteiger partial charge in [-0.1, -0.05) is 23.2 Å². The van der Waals surface area contributed by atoms with E-state index >= 15 is 0 Å². The van der Waals surface area contributed by atoms with Crippen LogP contribution in [0.3, 0.4) is 0 Å². The summed E-state index contributed by atoms with van der Waals surface area (Å²) in [5, 5.41) is 0.510. The molecule has 0 radical (unpaired) electrons. The molecule has 10 heteroatoms. The molecule has 0 amide bonds. The molecule has 0 N–H and O–H groups in total. The molecule has 0 aromatic heterocycles. The maximum absolute atomic E-state index is 13.1. The molecule has 0 aliphatic carbocycles. The molecule has 0 spiro atoms. The van der Waals surface area contributed by atoms with Crippen molar-refractivity contribution in [3.8, 4) is 11.5 Å². The minimum atomic E-state index is -3.00. The summed E-state index contributed by atoms with van der Waals surface area (Å²) in [5.74, 6) is -0.492. The Bertz CT molecular complexity index is 992. The van der Waals surface area contributed by atoms with Crippen LogP contribution in [-0.2, 0) is 4.79 Å². The Labute approximate surface area is 191 Å². The highest BCUT2D eigenvalue weighted by Gasteiger charge is 2.25. The number of ketones is 1. The van der Waals surface area contributed by atoms with Crippen molar-refractivity contribution in [3.63, 3.8) is 0 Å². The SMILES string of the molecule is CN1C/C(=C/c2cc(OC(F)F)ccc2Cl)C(=O)/C(=C/c2cc(OC(F)F)ccc2Cl)C1. The minimum Gasteiger partial charge on any atom is -0.435 e. The molecule has 1 aliphatic rings. The molecular weight excluding hydrogens is 473 g/mol. The molecule has 4 nitrogen and oxygen atoms in total. The van der Waals surface area contributed by atoms with E-state index in [1.807, 2.05) is 4.90 Å². The second-order valence-corrected chi connectivity index (χ2v) is 7.78. The van der Waals surface area contributed by atoms with Crippen molar-refractivity contribution in [1.82, 2.24) is 4.90 Å². The number of hydrogen-bond acceptors (Lipinski definition) is 4. The van der Waals surface area contributed by atoms with Gasteiger partial charge in [-0.05, 0) is 66.7 Å². The first kappa shape index (κ1) is 24.1. The molecule has 0 saturated carbocycles. The molecule has 1 heterocycles. The maximum atomic E-state index is 13.1. The molecule has 0 unspecified atom stereocenters. The molecule has 170 valence electrons. The van der Waals surface area contributed by atoms with Crippen molar-refractivity contribution in [1.29, 1.82) is 0 Å². The normalized spacial score (nSPS) is 17.6. The first-order chi connectivity index (χ1) is 15.1. The van der Waals surface area contributed by atoms with Crippen molar-refractivity contribution in [2.24, 2.45) is 0 Å². The first-order valence-corrected chi connectivity index (χ1v) is 10.0. The Hall–Kier alpha value is -2.55. The fourth-order valence-electron chi connectivity index (χ4n) is 3.20. The summed E-state index contributed by atoms with van der Waals surface area (Å²) in [4.78, 5) is 14.9. The molecular formula is C22H17Cl2F4NO3. The third kappa shape index (κ3) is 6.25. The van der Waals surface area contributed by atoms with Gasteiger partial charge in [0, 0.05) is 34.3 Å². The van der Waals surface area contributed by atoms with Gasteiger partial charge in [0.1, 0.15) is 11.5 Å². The van der Waals surface area contributed by atoms with Crippen LogP contribution < -0.4 is 9.47 Å². The van der Waals surface area contributed by atoms with E-state index in [0.29, 0.717) is 22.3 Å². The van der Waals surface area contributed by atoms with Crippen LogP contribution in [-0.4, -0.2) is 44.0 Å². The number of ether oxygens (including phenoxy) is 2. The quantitative estimate of drug-likeness (QED) is 0.358. The van der Waals surface area contributed by atoms with Gasteiger partial charge >= 0.3 is 13.2 Å². The zero-order valence-corrected chi connectivity index (χ0v) is 18.1. The average molecular weight is 490 g/mol. The Morgan fingerprint density at radius 1 is 0.844 bits per heavy atom. The predicted octanol–water partition coefficient (Wildman–Crippen LogP) is 6.18. The van der Waals surface area contributed by atoms with Gasteiger partial charge in [0.25, 0.3) is 0 Å². The first-order valence-electron chi connectivity index (χ1n) is 9.25. The fraction of sp³-hybridized carbons (Fsp3) is 0.227. The van der Waals surface area contributed by atoms with E-state index in [9.17, 15) is 22.4 Å². The third-order valence-electron chi connectivity index (χ3n) is 4.51. The van der Waals surface area contributed by atoms with Gasteiger partial charge in [-0.3, -0.25) is 9.69 Å². The number of Topliss-reactive ketones (excluding diaryl/α,β-unsaturated/α-hetero) is 1. The summed E-state index contributed by atoms with van der Waals surface area (Å²) in [7, 11) is 1.78. The predicted molar refractivity (Wildman–Crippen MR) is 115 cm³/mol. The van der Waals surface area contributed by atoms with Crippen molar-refractivity contribution < 1.29 is 31.8 Å².